The molecule has 0 saturated carbocycles. The average Bonchev–Trinajstić information content (AvgIpc) is 1.85. The first-order valence-electron chi connectivity index (χ1n) is 2.31. The van der Waals surface area contributed by atoms with Crippen LogP contribution in [0.4, 0.5) is 0 Å². The Morgan fingerprint density at radius 3 is 1.58 bits per heavy atom. The van der Waals surface area contributed by atoms with Crippen LogP contribution in [0.3, 0.4) is 0 Å². The molecule has 0 spiro atoms. The van der Waals surface area contributed by atoms with Crippen molar-refractivity contribution in [2.75, 3.05) is 12.5 Å². The van der Waals surface area contributed by atoms with E-state index in [1.54, 1.807) is 0 Å². The first kappa shape index (κ1) is 19.1. The number of alkyl halides is 1. The molecule has 0 heterocycles. The summed E-state index contributed by atoms with van der Waals surface area (Å²) >= 11 is 4.94. The summed E-state index contributed by atoms with van der Waals surface area (Å²) in [5, 5.41) is 7.74. The number of hydrogen-bond acceptors (Lipinski definition) is 6. The summed E-state index contributed by atoms with van der Waals surface area (Å²) in [5.41, 5.74) is 0. The Labute approximate surface area is 95.9 Å². The zero-order chi connectivity index (χ0) is 9.28. The van der Waals surface area contributed by atoms with Gasteiger partial charge in [-0.15, -0.1) is 11.6 Å². The third kappa shape index (κ3) is 30.0. The molecule has 0 bridgehead atoms. The zero-order valence-corrected chi connectivity index (χ0v) is 12.8. The molecule has 6 nitrogen and oxygen atoms in total. The smallest absolute Gasteiger partial charge is 0.781 e. The van der Waals surface area contributed by atoms with E-state index < -0.39 is 16.5 Å². The second-order valence-electron chi connectivity index (χ2n) is 1.01. The van der Waals surface area contributed by atoms with Crippen molar-refractivity contribution >= 4 is 28.1 Å². The van der Waals surface area contributed by atoms with Gasteiger partial charge >= 0.3 is 27.3 Å². The summed E-state index contributed by atoms with van der Waals surface area (Å²) in [5.74, 6) is 0.347. The maximum atomic E-state index is 9.29. The van der Waals surface area contributed by atoms with E-state index in [9.17, 15) is 18.9 Å². The van der Waals surface area contributed by atoms with Gasteiger partial charge in [-0.2, -0.15) is 0 Å². The van der Waals surface area contributed by atoms with Crippen molar-refractivity contribution in [2.45, 2.75) is 0 Å². The van der Waals surface area contributed by atoms with Gasteiger partial charge in [-0.3, -0.25) is 4.31 Å². The standard InChI is InChI=1S/C2H5ClO.Cd.H4O5P2/c3-1-2-4;;1-6(2)5-7(3)4/h4H,1-2H2;;6-7H,(H,1,2)(H,3,4)/q;+2;/p-2. The fourth-order valence-corrected chi connectivity index (χ4v) is 0.612. The number of aliphatic hydroxyl groups is 1. The molecule has 10 heteroatoms. The Morgan fingerprint density at radius 2 is 1.58 bits per heavy atom. The molecule has 1 N–H and O–H groups in total. The SMILES string of the molecule is O=[PH]([O-])O[PH](=O)[O-].OCCCl.[Cd+2]. The van der Waals surface area contributed by atoms with Crippen molar-refractivity contribution in [1.29, 1.82) is 0 Å². The van der Waals surface area contributed by atoms with Crippen LogP contribution in [0, 0.1) is 0 Å². The second-order valence-corrected chi connectivity index (χ2v) is 3.21. The molecule has 0 fully saturated rings. The third-order valence-corrected chi connectivity index (χ3v) is 1.75. The van der Waals surface area contributed by atoms with Gasteiger partial charge in [-0.05, 0) is 0 Å². The van der Waals surface area contributed by atoms with E-state index >= 15 is 0 Å². The molecule has 0 aromatic rings. The van der Waals surface area contributed by atoms with Crippen LogP contribution in [-0.2, 0) is 40.7 Å². The van der Waals surface area contributed by atoms with Crippen molar-refractivity contribution in [1.82, 2.24) is 0 Å². The van der Waals surface area contributed by atoms with Crippen molar-refractivity contribution in [3.8, 4) is 0 Å². The average molecular weight is 337 g/mol. The Kier molecular flexibility index (Phi) is 23.9. The minimum absolute atomic E-state index is 0. The topological polar surface area (TPSA) is 110 Å². The Balaban J connectivity index is -0.000000142. The largest absolute Gasteiger partial charge is 2.00 e. The van der Waals surface area contributed by atoms with Gasteiger partial charge in [0.2, 0.25) is 0 Å². The molecule has 0 saturated heterocycles. The van der Waals surface area contributed by atoms with Crippen molar-refractivity contribution in [3.63, 3.8) is 0 Å². The summed E-state index contributed by atoms with van der Waals surface area (Å²) in [4.78, 5) is 18.6. The van der Waals surface area contributed by atoms with Crippen LogP contribution in [0.1, 0.15) is 0 Å². The molecule has 0 radical (unpaired) electrons. The van der Waals surface area contributed by atoms with Crippen LogP contribution in [0.5, 0.6) is 0 Å². The summed E-state index contributed by atoms with van der Waals surface area (Å²) in [6.45, 7) is 0.0849. The normalized spacial score (nSPS) is 13.3. The maximum absolute atomic E-state index is 9.29. The van der Waals surface area contributed by atoms with Crippen LogP contribution in [-0.4, -0.2) is 17.6 Å². The summed E-state index contributed by atoms with van der Waals surface area (Å²) < 4.78 is 21.8. The Morgan fingerprint density at radius 1 is 1.33 bits per heavy atom. The molecule has 0 aromatic heterocycles. The number of rotatable bonds is 3. The van der Waals surface area contributed by atoms with Crippen molar-refractivity contribution < 1.29 is 55.6 Å². The van der Waals surface area contributed by atoms with Gasteiger partial charge in [0.05, 0.1) is 6.61 Å². The van der Waals surface area contributed by atoms with Gasteiger partial charge in [-0.25, -0.2) is 0 Å². The van der Waals surface area contributed by atoms with Crippen LogP contribution >= 0.6 is 28.1 Å². The van der Waals surface area contributed by atoms with E-state index in [0.29, 0.717) is 5.88 Å². The monoisotopic (exact) mass is 338 g/mol. The Hall–Kier alpha value is 1.51. The first-order valence-corrected chi connectivity index (χ1v) is 5.29. The van der Waals surface area contributed by atoms with Gasteiger partial charge < -0.3 is 24.0 Å². The van der Waals surface area contributed by atoms with E-state index in [-0.39, 0.29) is 33.9 Å². The molecule has 2 unspecified atom stereocenters. The fourth-order valence-electron chi connectivity index (χ4n) is 0.0680. The minimum Gasteiger partial charge on any atom is -0.781 e. The van der Waals surface area contributed by atoms with E-state index in [0.717, 1.165) is 0 Å². The number of aliphatic hydroxyl groups excluding tert-OH is 1. The molecule has 70 valence electrons. The predicted octanol–water partition coefficient (Wildman–Crippen LogP) is -1.28. The molecule has 0 aliphatic rings. The van der Waals surface area contributed by atoms with E-state index in [1.165, 1.54) is 0 Å². The van der Waals surface area contributed by atoms with Gasteiger partial charge in [-0.1, -0.05) is 0 Å². The van der Waals surface area contributed by atoms with Crippen LogP contribution in [0.15, 0.2) is 0 Å². The fraction of sp³-hybridized carbons (Fsp3) is 1.00. The molecule has 12 heavy (non-hydrogen) atoms. The molecule has 0 rings (SSSR count). The minimum atomic E-state index is -3.51. The van der Waals surface area contributed by atoms with Gasteiger partial charge in [0.25, 0.3) is 0 Å². The first-order chi connectivity index (χ1) is 5.04. The molecular formula is C2H7CdClO6P2. The third-order valence-electron chi connectivity index (χ3n) is 0.251. The molecule has 0 aromatic carbocycles. The van der Waals surface area contributed by atoms with E-state index in [4.69, 9.17) is 16.7 Å². The summed E-state index contributed by atoms with van der Waals surface area (Å²) in [6, 6.07) is 0. The molecule has 0 aliphatic heterocycles. The quantitative estimate of drug-likeness (QED) is 0.390. The molecule has 0 amide bonds. The van der Waals surface area contributed by atoms with Crippen LogP contribution in [0.25, 0.3) is 0 Å². The van der Waals surface area contributed by atoms with Crippen LogP contribution < -0.4 is 9.79 Å². The summed E-state index contributed by atoms with van der Waals surface area (Å²) in [7, 11) is -7.03. The van der Waals surface area contributed by atoms with Gasteiger partial charge in [0.15, 0.2) is 0 Å². The van der Waals surface area contributed by atoms with E-state index in [2.05, 4.69) is 4.31 Å². The number of halogens is 1. The second kappa shape index (κ2) is 15.0. The van der Waals surface area contributed by atoms with Crippen molar-refractivity contribution in [3.05, 3.63) is 0 Å². The van der Waals surface area contributed by atoms with Crippen molar-refractivity contribution in [2.24, 2.45) is 0 Å². The predicted molar refractivity (Wildman–Crippen MR) is 36.9 cm³/mol. The summed E-state index contributed by atoms with van der Waals surface area (Å²) in [6.07, 6.45) is 0. The molecular weight excluding hydrogens is 330 g/mol. The number of hydrogen-bond donors (Lipinski definition) is 1. The molecule has 2 atom stereocenters. The Bertz CT molecular complexity index is 119. The molecule has 0 aliphatic carbocycles. The van der Waals surface area contributed by atoms with Gasteiger partial charge in [0, 0.05) is 5.88 Å². The van der Waals surface area contributed by atoms with E-state index in [1.807, 2.05) is 0 Å². The van der Waals surface area contributed by atoms with Crippen LogP contribution in [0.2, 0.25) is 0 Å². The maximum Gasteiger partial charge on any atom is 2.00 e. The van der Waals surface area contributed by atoms with Gasteiger partial charge in [0.1, 0.15) is 16.5 Å². The zero-order valence-electron chi connectivity index (χ0n) is 5.99.